The van der Waals surface area contributed by atoms with Gasteiger partial charge in [0.25, 0.3) is 0 Å². The van der Waals surface area contributed by atoms with Crippen molar-refractivity contribution in [3.8, 4) is 0 Å². The molecule has 120 valence electrons. The number of hydrogen-bond donors (Lipinski definition) is 1. The van der Waals surface area contributed by atoms with Crippen molar-refractivity contribution in [3.63, 3.8) is 0 Å². The third-order valence-electron chi connectivity index (χ3n) is 3.87. The fourth-order valence-electron chi connectivity index (χ4n) is 2.55. The average Bonchev–Trinajstić information content (AvgIpc) is 2.63. The molecule has 3 rings (SSSR count). The van der Waals surface area contributed by atoms with E-state index >= 15 is 0 Å². The number of rotatable bonds is 3. The molecule has 7 heteroatoms. The Balaban J connectivity index is 1.52. The monoisotopic (exact) mass is 312 g/mol. The Morgan fingerprint density at radius 2 is 1.74 bits per heavy atom. The van der Waals surface area contributed by atoms with Crippen LogP contribution in [0.1, 0.15) is 18.7 Å². The summed E-state index contributed by atoms with van der Waals surface area (Å²) in [5.74, 6) is 0.717. The van der Waals surface area contributed by atoms with Gasteiger partial charge < -0.3 is 15.1 Å². The van der Waals surface area contributed by atoms with E-state index in [0.717, 1.165) is 24.7 Å². The molecule has 2 amide bonds. The van der Waals surface area contributed by atoms with Crippen molar-refractivity contribution in [2.75, 3.05) is 31.1 Å². The van der Waals surface area contributed by atoms with Gasteiger partial charge >= 0.3 is 6.03 Å². The molecule has 1 N–H and O–H groups in total. The van der Waals surface area contributed by atoms with E-state index in [4.69, 9.17) is 0 Å². The van der Waals surface area contributed by atoms with E-state index in [2.05, 4.69) is 25.2 Å². The maximum atomic E-state index is 12.4. The number of amides is 2. The quantitative estimate of drug-likeness (QED) is 0.929. The summed E-state index contributed by atoms with van der Waals surface area (Å²) in [5.41, 5.74) is 0.858. The molecule has 3 heterocycles. The maximum Gasteiger partial charge on any atom is 0.318 e. The van der Waals surface area contributed by atoms with Crippen molar-refractivity contribution in [2.45, 2.75) is 13.0 Å². The highest BCUT2D eigenvalue weighted by Gasteiger charge is 2.23. The minimum Gasteiger partial charge on any atom is -0.337 e. The molecule has 1 saturated heterocycles. The number of urea groups is 1. The van der Waals surface area contributed by atoms with Crippen LogP contribution in [0.3, 0.4) is 0 Å². The Bertz CT molecular complexity index is 628. The summed E-state index contributed by atoms with van der Waals surface area (Å²) in [6.45, 7) is 4.71. The molecule has 1 aliphatic rings. The van der Waals surface area contributed by atoms with Crippen molar-refractivity contribution in [2.24, 2.45) is 0 Å². The number of nitrogens with one attached hydrogen (secondary N) is 1. The van der Waals surface area contributed by atoms with Crippen LogP contribution in [0.15, 0.2) is 42.9 Å². The predicted molar refractivity (Wildman–Crippen MR) is 87.0 cm³/mol. The number of piperazine rings is 1. The zero-order chi connectivity index (χ0) is 16.1. The zero-order valence-corrected chi connectivity index (χ0v) is 13.1. The summed E-state index contributed by atoms with van der Waals surface area (Å²) in [4.78, 5) is 29.0. The SMILES string of the molecule is CC(NC(=O)N1CCN(c2ncccn2)CC1)c1ccccn1. The lowest BCUT2D eigenvalue weighted by atomic mass is 10.2. The van der Waals surface area contributed by atoms with Gasteiger partial charge in [0.2, 0.25) is 5.95 Å². The first-order valence-electron chi connectivity index (χ1n) is 7.72. The third kappa shape index (κ3) is 3.74. The fraction of sp³-hybridized carbons (Fsp3) is 0.375. The molecule has 2 aromatic rings. The van der Waals surface area contributed by atoms with E-state index in [1.165, 1.54) is 0 Å². The number of pyridine rings is 1. The fourth-order valence-corrected chi connectivity index (χ4v) is 2.55. The molecule has 1 atom stereocenters. The van der Waals surface area contributed by atoms with Crippen molar-refractivity contribution in [1.82, 2.24) is 25.2 Å². The van der Waals surface area contributed by atoms with E-state index in [1.807, 2.05) is 30.0 Å². The van der Waals surface area contributed by atoms with Crippen LogP contribution in [-0.2, 0) is 0 Å². The molecule has 0 spiro atoms. The van der Waals surface area contributed by atoms with Crippen LogP contribution in [0.4, 0.5) is 10.7 Å². The first kappa shape index (κ1) is 15.2. The van der Waals surface area contributed by atoms with Gasteiger partial charge in [-0.25, -0.2) is 14.8 Å². The minimum atomic E-state index is -0.112. The first-order chi connectivity index (χ1) is 11.2. The Morgan fingerprint density at radius 3 is 2.39 bits per heavy atom. The molecule has 0 radical (unpaired) electrons. The van der Waals surface area contributed by atoms with Crippen LogP contribution in [-0.4, -0.2) is 52.1 Å². The Kier molecular flexibility index (Phi) is 4.65. The number of nitrogens with zero attached hydrogens (tertiary/aromatic N) is 5. The third-order valence-corrected chi connectivity index (χ3v) is 3.87. The summed E-state index contributed by atoms with van der Waals surface area (Å²) >= 11 is 0. The molecule has 0 aromatic carbocycles. The summed E-state index contributed by atoms with van der Waals surface area (Å²) in [5, 5.41) is 3.00. The maximum absolute atomic E-state index is 12.4. The van der Waals surface area contributed by atoms with Crippen LogP contribution in [0.5, 0.6) is 0 Å². The number of hydrogen-bond acceptors (Lipinski definition) is 5. The highest BCUT2D eigenvalue weighted by molar-refractivity contribution is 5.75. The highest BCUT2D eigenvalue weighted by Crippen LogP contribution is 2.12. The van der Waals surface area contributed by atoms with E-state index in [-0.39, 0.29) is 12.1 Å². The van der Waals surface area contributed by atoms with Gasteiger partial charge in [0.15, 0.2) is 0 Å². The molecule has 1 fully saturated rings. The minimum absolute atomic E-state index is 0.0585. The van der Waals surface area contributed by atoms with E-state index in [0.29, 0.717) is 13.1 Å². The molecule has 0 bridgehead atoms. The second-order valence-corrected chi connectivity index (χ2v) is 5.45. The Hall–Kier alpha value is -2.70. The van der Waals surface area contributed by atoms with Gasteiger partial charge in [-0.15, -0.1) is 0 Å². The lowest BCUT2D eigenvalue weighted by Crippen LogP contribution is -2.52. The molecule has 2 aromatic heterocycles. The molecule has 0 aliphatic carbocycles. The second kappa shape index (κ2) is 7.04. The van der Waals surface area contributed by atoms with Gasteiger partial charge in [-0.2, -0.15) is 0 Å². The van der Waals surface area contributed by atoms with Crippen molar-refractivity contribution in [3.05, 3.63) is 48.5 Å². The molecule has 1 unspecified atom stereocenters. The van der Waals surface area contributed by atoms with Crippen molar-refractivity contribution < 1.29 is 4.79 Å². The van der Waals surface area contributed by atoms with Gasteiger partial charge in [-0.1, -0.05) is 6.07 Å². The Labute approximate surface area is 135 Å². The highest BCUT2D eigenvalue weighted by atomic mass is 16.2. The number of carbonyl (C=O) groups is 1. The largest absolute Gasteiger partial charge is 0.337 e. The normalized spacial score (nSPS) is 16.0. The van der Waals surface area contributed by atoms with Crippen molar-refractivity contribution in [1.29, 1.82) is 0 Å². The van der Waals surface area contributed by atoms with Crippen LogP contribution in [0.25, 0.3) is 0 Å². The van der Waals surface area contributed by atoms with E-state index < -0.39 is 0 Å². The molecule has 7 nitrogen and oxygen atoms in total. The molecule has 23 heavy (non-hydrogen) atoms. The molecule has 0 saturated carbocycles. The van der Waals surface area contributed by atoms with E-state index in [9.17, 15) is 4.79 Å². The van der Waals surface area contributed by atoms with Crippen LogP contribution >= 0.6 is 0 Å². The number of anilines is 1. The smallest absolute Gasteiger partial charge is 0.318 e. The predicted octanol–water partition coefficient (Wildman–Crippen LogP) is 1.46. The Morgan fingerprint density at radius 1 is 1.04 bits per heavy atom. The van der Waals surface area contributed by atoms with Gasteiger partial charge in [0.1, 0.15) is 0 Å². The molecular formula is C16H20N6O. The number of aromatic nitrogens is 3. The van der Waals surface area contributed by atoms with Crippen molar-refractivity contribution >= 4 is 12.0 Å². The standard InChI is InChI=1S/C16H20N6O/c1-13(14-5-2-3-6-17-14)20-16(23)22-11-9-21(10-12-22)15-18-7-4-8-19-15/h2-8,13H,9-12H2,1H3,(H,20,23). The molecular weight excluding hydrogens is 292 g/mol. The zero-order valence-electron chi connectivity index (χ0n) is 13.1. The average molecular weight is 312 g/mol. The van der Waals surface area contributed by atoms with Crippen LogP contribution in [0, 0.1) is 0 Å². The first-order valence-corrected chi connectivity index (χ1v) is 7.72. The van der Waals surface area contributed by atoms with Gasteiger partial charge in [0.05, 0.1) is 11.7 Å². The van der Waals surface area contributed by atoms with Gasteiger partial charge in [-0.3, -0.25) is 4.98 Å². The second-order valence-electron chi connectivity index (χ2n) is 5.45. The summed E-state index contributed by atoms with van der Waals surface area (Å²) in [7, 11) is 0. The van der Waals surface area contributed by atoms with E-state index in [1.54, 1.807) is 24.7 Å². The van der Waals surface area contributed by atoms with Gasteiger partial charge in [-0.05, 0) is 25.1 Å². The van der Waals surface area contributed by atoms with Gasteiger partial charge in [0, 0.05) is 44.8 Å². The summed E-state index contributed by atoms with van der Waals surface area (Å²) < 4.78 is 0. The van der Waals surface area contributed by atoms with Crippen LogP contribution in [0.2, 0.25) is 0 Å². The number of carbonyl (C=O) groups excluding carboxylic acids is 1. The summed E-state index contributed by atoms with van der Waals surface area (Å²) in [6.07, 6.45) is 5.20. The lowest BCUT2D eigenvalue weighted by Gasteiger charge is -2.35. The summed E-state index contributed by atoms with van der Waals surface area (Å²) in [6, 6.07) is 7.32. The van der Waals surface area contributed by atoms with Crippen LogP contribution < -0.4 is 10.2 Å². The topological polar surface area (TPSA) is 74.2 Å². The lowest BCUT2D eigenvalue weighted by molar-refractivity contribution is 0.190. The molecule has 1 aliphatic heterocycles.